The Morgan fingerprint density at radius 1 is 1.04 bits per heavy atom. The highest BCUT2D eigenvalue weighted by atomic mass is 35.5. The van der Waals surface area contributed by atoms with Crippen LogP contribution in [-0.2, 0) is 9.59 Å². The van der Waals surface area contributed by atoms with Crippen molar-refractivity contribution in [1.82, 2.24) is 5.32 Å². The largest absolute Gasteiger partial charge is 0.494 e. The van der Waals surface area contributed by atoms with E-state index in [0.717, 1.165) is 25.1 Å². The molecule has 0 fully saturated rings. The summed E-state index contributed by atoms with van der Waals surface area (Å²) in [6, 6.07) is 5.24. The highest BCUT2D eigenvalue weighted by Gasteiger charge is 2.04. The van der Waals surface area contributed by atoms with Gasteiger partial charge in [-0.05, 0) is 31.5 Å². The van der Waals surface area contributed by atoms with Crippen molar-refractivity contribution >= 4 is 35.1 Å². The Hall–Kier alpha value is -1.54. The first-order valence-corrected chi connectivity index (χ1v) is 7.49. The molecule has 0 atom stereocenters. The lowest BCUT2D eigenvalue weighted by Gasteiger charge is -2.07. The first kappa shape index (κ1) is 21.5. The summed E-state index contributed by atoms with van der Waals surface area (Å²) in [6.45, 7) is 2.37. The molecule has 0 spiro atoms. The van der Waals surface area contributed by atoms with Crippen LogP contribution in [0.25, 0.3) is 0 Å². The van der Waals surface area contributed by atoms with E-state index in [4.69, 9.17) is 52.8 Å². The topological polar surface area (TPSA) is 116 Å². The number of halogens is 2. The van der Waals surface area contributed by atoms with Crippen molar-refractivity contribution in [3.63, 3.8) is 0 Å². The third-order valence-corrected chi connectivity index (χ3v) is 3.12. The van der Waals surface area contributed by atoms with Crippen LogP contribution in [0.1, 0.15) is 12.8 Å². The molecular weight excluding hydrogens is 349 g/mol. The molecule has 1 rings (SSSR count). The first-order chi connectivity index (χ1) is 10.9. The second-order valence-corrected chi connectivity index (χ2v) is 5.03. The second-order valence-electron chi connectivity index (χ2n) is 4.22. The number of unbranched alkanes of at least 4 members (excludes halogenated alkanes) is 1. The molecule has 1 aromatic carbocycles. The molecule has 7 nitrogen and oxygen atoms in total. The van der Waals surface area contributed by atoms with Crippen molar-refractivity contribution in [2.45, 2.75) is 12.8 Å². The van der Waals surface area contributed by atoms with Gasteiger partial charge in [0.1, 0.15) is 5.75 Å². The van der Waals surface area contributed by atoms with Gasteiger partial charge in [-0.1, -0.05) is 23.2 Å². The highest BCUT2D eigenvalue weighted by molar-refractivity contribution is 6.42. The summed E-state index contributed by atoms with van der Waals surface area (Å²) in [4.78, 5) is 18.2. The minimum absolute atomic E-state index is 0.180. The van der Waals surface area contributed by atoms with E-state index in [1.807, 2.05) is 0 Å². The Morgan fingerprint density at radius 2 is 1.70 bits per heavy atom. The van der Waals surface area contributed by atoms with Crippen molar-refractivity contribution in [3.8, 4) is 5.75 Å². The monoisotopic (exact) mass is 367 g/mol. The zero-order valence-corrected chi connectivity index (χ0v) is 13.8. The minimum atomic E-state index is -1.82. The molecule has 0 heterocycles. The molecule has 0 aliphatic rings. The number of hydrogen-bond donors (Lipinski definition) is 4. The molecule has 0 saturated heterocycles. The molecule has 0 aliphatic carbocycles. The number of benzene rings is 1. The lowest BCUT2D eigenvalue weighted by Crippen LogP contribution is -2.19. The number of carboxylic acids is 2. The Labute approximate surface area is 143 Å². The number of rotatable bonds is 8. The van der Waals surface area contributed by atoms with Gasteiger partial charge in [0.25, 0.3) is 0 Å². The zero-order chi connectivity index (χ0) is 17.7. The maximum Gasteiger partial charge on any atom is 0.414 e. The van der Waals surface area contributed by atoms with Crippen LogP contribution >= 0.6 is 23.2 Å². The quantitative estimate of drug-likeness (QED) is 0.409. The fraction of sp³-hybridized carbons (Fsp3) is 0.429. The molecule has 0 bridgehead atoms. The van der Waals surface area contributed by atoms with Gasteiger partial charge in [0.05, 0.1) is 23.3 Å². The van der Waals surface area contributed by atoms with Crippen molar-refractivity contribution < 1.29 is 29.6 Å². The molecule has 9 heteroatoms. The molecule has 4 N–H and O–H groups in total. The fourth-order valence-electron chi connectivity index (χ4n) is 1.31. The number of ether oxygens (including phenoxy) is 1. The predicted octanol–water partition coefficient (Wildman–Crippen LogP) is 1.89. The molecule has 0 radical (unpaired) electrons. The van der Waals surface area contributed by atoms with E-state index in [-0.39, 0.29) is 6.61 Å². The lowest BCUT2D eigenvalue weighted by atomic mass is 10.3. The molecule has 1 aromatic rings. The Balaban J connectivity index is 0.000000688. The Morgan fingerprint density at radius 3 is 2.22 bits per heavy atom. The third-order valence-electron chi connectivity index (χ3n) is 2.38. The third kappa shape index (κ3) is 11.7. The number of hydrogen-bond acceptors (Lipinski definition) is 5. The SMILES string of the molecule is O=C(O)C(=O)O.OCCNCCCCOc1ccc(Cl)c(Cl)c1. The van der Waals surface area contributed by atoms with E-state index in [9.17, 15) is 0 Å². The molecule has 0 aliphatic heterocycles. The van der Waals surface area contributed by atoms with Gasteiger partial charge in [-0.2, -0.15) is 0 Å². The summed E-state index contributed by atoms with van der Waals surface area (Å²) in [5, 5.41) is 27.5. The molecule has 0 aromatic heterocycles. The molecule has 130 valence electrons. The lowest BCUT2D eigenvalue weighted by molar-refractivity contribution is -0.159. The van der Waals surface area contributed by atoms with E-state index < -0.39 is 11.9 Å². The van der Waals surface area contributed by atoms with E-state index >= 15 is 0 Å². The molecular formula is C14H19Cl2NO6. The number of aliphatic hydroxyl groups excluding tert-OH is 1. The second kappa shape index (κ2) is 13.0. The van der Waals surface area contributed by atoms with Gasteiger partial charge in [-0.3, -0.25) is 0 Å². The van der Waals surface area contributed by atoms with E-state index in [1.165, 1.54) is 0 Å². The standard InChI is InChI=1S/C12H17Cl2NO2.C2H2O4/c13-11-4-3-10(9-12(11)14)17-8-2-1-5-15-6-7-16;3-1(4)2(5)6/h3-4,9,15-16H,1-2,5-8H2;(H,3,4)(H,5,6). The van der Waals surface area contributed by atoms with Gasteiger partial charge in [-0.25, -0.2) is 9.59 Å². The van der Waals surface area contributed by atoms with Crippen LogP contribution in [0.2, 0.25) is 10.0 Å². The van der Waals surface area contributed by atoms with Crippen LogP contribution < -0.4 is 10.1 Å². The van der Waals surface area contributed by atoms with Crippen molar-refractivity contribution in [1.29, 1.82) is 0 Å². The van der Waals surface area contributed by atoms with Gasteiger partial charge in [-0.15, -0.1) is 0 Å². The van der Waals surface area contributed by atoms with Crippen LogP contribution in [0.15, 0.2) is 18.2 Å². The van der Waals surface area contributed by atoms with Gasteiger partial charge in [0, 0.05) is 12.6 Å². The van der Waals surface area contributed by atoms with Crippen LogP contribution in [0.3, 0.4) is 0 Å². The summed E-state index contributed by atoms with van der Waals surface area (Å²) in [6.07, 6.45) is 1.97. The van der Waals surface area contributed by atoms with Crippen LogP contribution in [-0.4, -0.2) is 53.6 Å². The first-order valence-electron chi connectivity index (χ1n) is 6.74. The fourth-order valence-corrected chi connectivity index (χ4v) is 1.60. The summed E-state index contributed by atoms with van der Waals surface area (Å²) in [7, 11) is 0. The van der Waals surface area contributed by atoms with Gasteiger partial charge < -0.3 is 25.4 Å². The molecule has 0 saturated carbocycles. The number of nitrogens with one attached hydrogen (secondary N) is 1. The Bertz CT molecular complexity index is 486. The average Bonchev–Trinajstić information content (AvgIpc) is 2.50. The van der Waals surface area contributed by atoms with Crippen molar-refractivity contribution in [2.75, 3.05) is 26.3 Å². The summed E-state index contributed by atoms with van der Waals surface area (Å²) < 4.78 is 5.53. The summed E-state index contributed by atoms with van der Waals surface area (Å²) in [5.74, 6) is -2.91. The smallest absolute Gasteiger partial charge is 0.414 e. The van der Waals surface area contributed by atoms with Crippen LogP contribution in [0, 0.1) is 0 Å². The van der Waals surface area contributed by atoms with Crippen LogP contribution in [0.5, 0.6) is 5.75 Å². The van der Waals surface area contributed by atoms with E-state index in [0.29, 0.717) is 23.2 Å². The molecule has 0 unspecified atom stereocenters. The maximum absolute atomic E-state index is 9.10. The number of aliphatic hydroxyl groups is 1. The van der Waals surface area contributed by atoms with Gasteiger partial charge in [0.2, 0.25) is 0 Å². The van der Waals surface area contributed by atoms with E-state index in [2.05, 4.69) is 5.32 Å². The van der Waals surface area contributed by atoms with Crippen molar-refractivity contribution in [2.24, 2.45) is 0 Å². The van der Waals surface area contributed by atoms with Gasteiger partial charge in [0.15, 0.2) is 0 Å². The molecule has 0 amide bonds. The van der Waals surface area contributed by atoms with Crippen LogP contribution in [0.4, 0.5) is 0 Å². The van der Waals surface area contributed by atoms with Crippen molar-refractivity contribution in [3.05, 3.63) is 28.2 Å². The normalized spacial score (nSPS) is 9.70. The summed E-state index contributed by atoms with van der Waals surface area (Å²) >= 11 is 11.7. The highest BCUT2D eigenvalue weighted by Crippen LogP contribution is 2.26. The zero-order valence-electron chi connectivity index (χ0n) is 12.3. The van der Waals surface area contributed by atoms with E-state index in [1.54, 1.807) is 18.2 Å². The number of carboxylic acid groups (broad SMARTS) is 2. The minimum Gasteiger partial charge on any atom is -0.494 e. The predicted molar refractivity (Wildman–Crippen MR) is 86.4 cm³/mol. The maximum atomic E-state index is 9.10. The number of carbonyl (C=O) groups is 2. The summed E-state index contributed by atoms with van der Waals surface area (Å²) in [5.41, 5.74) is 0. The average molecular weight is 368 g/mol. The number of aliphatic carboxylic acids is 2. The molecule has 23 heavy (non-hydrogen) atoms. The Kier molecular flexibility index (Phi) is 12.1. The van der Waals surface area contributed by atoms with Gasteiger partial charge >= 0.3 is 11.9 Å².